The van der Waals surface area contributed by atoms with Crippen molar-refractivity contribution >= 4 is 45.6 Å². The van der Waals surface area contributed by atoms with Crippen LogP contribution in [0.5, 0.6) is 0 Å². The molecule has 1 aliphatic rings. The first-order chi connectivity index (χ1) is 13.1. The highest BCUT2D eigenvalue weighted by molar-refractivity contribution is 7.14. The van der Waals surface area contributed by atoms with Crippen LogP contribution < -0.4 is 9.80 Å². The van der Waals surface area contributed by atoms with Crippen LogP contribution in [0.3, 0.4) is 0 Å². The second kappa shape index (κ2) is 7.62. The molecule has 0 atom stereocenters. The van der Waals surface area contributed by atoms with Gasteiger partial charge in [0, 0.05) is 18.5 Å². The molecule has 1 fully saturated rings. The molecule has 1 aromatic carbocycles. The maximum absolute atomic E-state index is 13.4. The summed E-state index contributed by atoms with van der Waals surface area (Å²) in [4.78, 5) is 30.4. The molecule has 0 radical (unpaired) electrons. The number of para-hydroxylation sites is 1. The molecule has 4 rings (SSSR count). The van der Waals surface area contributed by atoms with E-state index in [1.807, 2.05) is 42.6 Å². The summed E-state index contributed by atoms with van der Waals surface area (Å²) in [6, 6.07) is 9.40. The number of carbonyl (C=O) groups excluding carboxylic acids is 1. The fourth-order valence-corrected chi connectivity index (χ4v) is 4.01. The average Bonchev–Trinajstić information content (AvgIpc) is 3.35. The molecule has 6 nitrogen and oxygen atoms in total. The minimum Gasteiger partial charge on any atom is -0.341 e. The lowest BCUT2D eigenvalue weighted by Gasteiger charge is -2.21. The Morgan fingerprint density at radius 1 is 1.19 bits per heavy atom. The number of amides is 1. The predicted octanol–water partition coefficient (Wildman–Crippen LogP) is 4.47. The van der Waals surface area contributed by atoms with Crippen LogP contribution in [0.25, 0.3) is 0 Å². The minimum atomic E-state index is -0.316. The number of aryl methyl sites for hydroxylation is 1. The number of halogens is 1. The maximum Gasteiger partial charge on any atom is 0.285 e. The number of carbonyl (C=O) groups is 1. The highest BCUT2D eigenvalue weighted by Crippen LogP contribution is 2.31. The highest BCUT2D eigenvalue weighted by atomic mass is 35.5. The van der Waals surface area contributed by atoms with Gasteiger partial charge >= 0.3 is 0 Å². The van der Waals surface area contributed by atoms with E-state index < -0.39 is 0 Å². The van der Waals surface area contributed by atoms with Crippen molar-refractivity contribution in [3.05, 3.63) is 58.3 Å². The highest BCUT2D eigenvalue weighted by Gasteiger charge is 2.27. The molecule has 3 heterocycles. The number of thiazole rings is 1. The van der Waals surface area contributed by atoms with Gasteiger partial charge in [-0.3, -0.25) is 9.69 Å². The number of anilines is 3. The van der Waals surface area contributed by atoms with Crippen molar-refractivity contribution in [2.45, 2.75) is 19.8 Å². The van der Waals surface area contributed by atoms with E-state index in [4.69, 9.17) is 11.6 Å². The van der Waals surface area contributed by atoms with Gasteiger partial charge in [-0.05, 0) is 31.9 Å². The quantitative estimate of drug-likeness (QED) is 0.647. The number of benzene rings is 1. The number of nitrogens with zero attached hydrogens (tertiary/aromatic N) is 5. The number of rotatable bonds is 4. The van der Waals surface area contributed by atoms with E-state index in [2.05, 4.69) is 19.9 Å². The predicted molar refractivity (Wildman–Crippen MR) is 108 cm³/mol. The first kappa shape index (κ1) is 17.9. The largest absolute Gasteiger partial charge is 0.341 e. The van der Waals surface area contributed by atoms with Gasteiger partial charge in [0.25, 0.3) is 5.91 Å². The zero-order valence-electron chi connectivity index (χ0n) is 14.8. The van der Waals surface area contributed by atoms with Gasteiger partial charge in [0.15, 0.2) is 10.8 Å². The number of aromatic nitrogens is 3. The zero-order valence-corrected chi connectivity index (χ0v) is 16.4. The molecule has 0 saturated carbocycles. The average molecular weight is 400 g/mol. The van der Waals surface area contributed by atoms with E-state index >= 15 is 0 Å². The van der Waals surface area contributed by atoms with Crippen molar-refractivity contribution in [2.75, 3.05) is 22.9 Å². The minimum absolute atomic E-state index is 0.185. The van der Waals surface area contributed by atoms with Crippen molar-refractivity contribution < 1.29 is 4.79 Å². The molecule has 1 amide bonds. The van der Waals surface area contributed by atoms with E-state index in [1.54, 1.807) is 4.90 Å². The molecule has 27 heavy (non-hydrogen) atoms. The Morgan fingerprint density at radius 2 is 1.93 bits per heavy atom. The first-order valence-corrected chi connectivity index (χ1v) is 9.98. The van der Waals surface area contributed by atoms with Gasteiger partial charge < -0.3 is 4.90 Å². The lowest BCUT2D eigenvalue weighted by molar-refractivity contribution is 0.0994. The van der Waals surface area contributed by atoms with E-state index in [0.29, 0.717) is 16.8 Å². The van der Waals surface area contributed by atoms with Crippen molar-refractivity contribution in [3.63, 3.8) is 0 Å². The summed E-state index contributed by atoms with van der Waals surface area (Å²) in [5.41, 5.74) is 1.76. The first-order valence-electron chi connectivity index (χ1n) is 8.72. The Morgan fingerprint density at radius 3 is 2.59 bits per heavy atom. The Bertz CT molecular complexity index is 956. The third-order valence-electron chi connectivity index (χ3n) is 4.34. The normalized spacial score (nSPS) is 13.8. The lowest BCUT2D eigenvalue weighted by Crippen LogP contribution is -2.28. The molecular weight excluding hydrogens is 382 g/mol. The topological polar surface area (TPSA) is 62.2 Å². The van der Waals surface area contributed by atoms with Crippen LogP contribution in [0.1, 0.15) is 29.0 Å². The van der Waals surface area contributed by atoms with Gasteiger partial charge in [-0.25, -0.2) is 15.0 Å². The van der Waals surface area contributed by atoms with E-state index in [9.17, 15) is 4.79 Å². The molecule has 3 aromatic rings. The van der Waals surface area contributed by atoms with Crippen LogP contribution in [0.15, 0.2) is 41.9 Å². The van der Waals surface area contributed by atoms with Crippen molar-refractivity contribution in [1.82, 2.24) is 15.0 Å². The monoisotopic (exact) mass is 399 g/mol. The van der Waals surface area contributed by atoms with Gasteiger partial charge in [0.05, 0.1) is 22.6 Å². The molecule has 0 N–H and O–H groups in total. The summed E-state index contributed by atoms with van der Waals surface area (Å²) in [7, 11) is 0. The molecule has 8 heteroatoms. The fraction of sp³-hybridized carbons (Fsp3) is 0.263. The van der Waals surface area contributed by atoms with Crippen molar-refractivity contribution in [3.8, 4) is 0 Å². The Hall–Kier alpha value is -2.51. The second-order valence-corrected chi connectivity index (χ2v) is 7.55. The Kier molecular flexibility index (Phi) is 5.05. The van der Waals surface area contributed by atoms with Crippen LogP contribution >= 0.6 is 22.9 Å². The molecule has 1 saturated heterocycles. The number of hydrogen-bond acceptors (Lipinski definition) is 6. The standard InChI is InChI=1S/C19H18ClN5OS/c1-13-12-27-19(22-13)25(14-7-3-2-4-8-14)17(26)16-15(20)11-21-18(23-16)24-9-5-6-10-24/h2-4,7-8,11-12H,5-6,9-10H2,1H3. The smallest absolute Gasteiger partial charge is 0.285 e. The third kappa shape index (κ3) is 3.65. The summed E-state index contributed by atoms with van der Waals surface area (Å²) < 4.78 is 0. The maximum atomic E-state index is 13.4. The zero-order chi connectivity index (χ0) is 18.8. The fourth-order valence-electron chi connectivity index (χ4n) is 3.02. The van der Waals surface area contributed by atoms with E-state index in [1.165, 1.54) is 17.5 Å². The molecule has 0 bridgehead atoms. The molecule has 1 aliphatic heterocycles. The summed E-state index contributed by atoms with van der Waals surface area (Å²) in [6.07, 6.45) is 3.71. The third-order valence-corrected chi connectivity index (χ3v) is 5.56. The van der Waals surface area contributed by atoms with Crippen LogP contribution in [0.2, 0.25) is 5.02 Å². The second-order valence-electron chi connectivity index (χ2n) is 6.31. The van der Waals surface area contributed by atoms with Crippen LogP contribution in [-0.4, -0.2) is 33.9 Å². The van der Waals surface area contributed by atoms with Crippen molar-refractivity contribution in [1.29, 1.82) is 0 Å². The van der Waals surface area contributed by atoms with Gasteiger partial charge in [-0.2, -0.15) is 0 Å². The summed E-state index contributed by atoms with van der Waals surface area (Å²) in [5.74, 6) is 0.229. The molecule has 2 aromatic heterocycles. The Labute approximate surface area is 166 Å². The van der Waals surface area contributed by atoms with Crippen LogP contribution in [-0.2, 0) is 0 Å². The van der Waals surface area contributed by atoms with Gasteiger partial charge in [0.2, 0.25) is 5.95 Å². The molecule has 0 spiro atoms. The molecule has 0 aliphatic carbocycles. The Balaban J connectivity index is 1.76. The molecular formula is C19H18ClN5OS. The van der Waals surface area contributed by atoms with Crippen molar-refractivity contribution in [2.24, 2.45) is 0 Å². The molecule has 0 unspecified atom stereocenters. The summed E-state index contributed by atoms with van der Waals surface area (Å²) in [5, 5.41) is 2.73. The van der Waals surface area contributed by atoms with E-state index in [-0.39, 0.29) is 16.6 Å². The van der Waals surface area contributed by atoms with E-state index in [0.717, 1.165) is 31.6 Å². The molecule has 138 valence electrons. The van der Waals surface area contributed by atoms with Crippen LogP contribution in [0.4, 0.5) is 16.8 Å². The summed E-state index contributed by atoms with van der Waals surface area (Å²) >= 11 is 7.72. The SMILES string of the molecule is Cc1csc(N(C(=O)c2nc(N3CCCC3)ncc2Cl)c2ccccc2)n1. The van der Waals surface area contributed by atoms with Gasteiger partial charge in [0.1, 0.15) is 0 Å². The lowest BCUT2D eigenvalue weighted by atomic mass is 10.2. The van der Waals surface area contributed by atoms with Gasteiger partial charge in [-0.15, -0.1) is 11.3 Å². The van der Waals surface area contributed by atoms with Crippen LogP contribution in [0, 0.1) is 6.92 Å². The number of hydrogen-bond donors (Lipinski definition) is 0. The summed E-state index contributed by atoms with van der Waals surface area (Å²) in [6.45, 7) is 3.68. The van der Waals surface area contributed by atoms with Gasteiger partial charge in [-0.1, -0.05) is 29.8 Å².